The fourth-order valence-corrected chi connectivity index (χ4v) is 0.900. The van der Waals surface area contributed by atoms with E-state index in [4.69, 9.17) is 4.74 Å². The Morgan fingerprint density at radius 2 is 1.80 bits per heavy atom. The third-order valence-corrected chi connectivity index (χ3v) is 1.97. The lowest BCUT2D eigenvalue weighted by molar-refractivity contribution is -0.137. The van der Waals surface area contributed by atoms with Gasteiger partial charge < -0.3 is 4.74 Å². The van der Waals surface area contributed by atoms with Crippen LogP contribution in [0.4, 0.5) is 0 Å². The van der Waals surface area contributed by atoms with E-state index in [2.05, 4.69) is 6.08 Å². The molecule has 0 bridgehead atoms. The molecule has 0 aromatic rings. The monoisotopic (exact) mass is 208 g/mol. The third kappa shape index (κ3) is 7.74. The van der Waals surface area contributed by atoms with Crippen LogP contribution in [-0.4, -0.2) is 12.6 Å². The van der Waals surface area contributed by atoms with Crippen molar-refractivity contribution < 1.29 is 9.53 Å². The van der Waals surface area contributed by atoms with Gasteiger partial charge in [0.25, 0.3) is 0 Å². The number of carbonyl (C=O) groups is 1. The molecule has 0 fully saturated rings. The fourth-order valence-electron chi connectivity index (χ4n) is 0.900. The molecule has 0 spiro atoms. The Bertz CT molecular complexity index is 260. The van der Waals surface area contributed by atoms with Crippen molar-refractivity contribution in [3.8, 4) is 0 Å². The van der Waals surface area contributed by atoms with Crippen LogP contribution in [0, 0.1) is 0 Å². The van der Waals surface area contributed by atoms with Crippen LogP contribution in [0.1, 0.15) is 33.6 Å². The quantitative estimate of drug-likeness (QED) is 0.289. The molecule has 0 heterocycles. The van der Waals surface area contributed by atoms with Crippen LogP contribution in [0.5, 0.6) is 0 Å². The number of esters is 1. The van der Waals surface area contributed by atoms with E-state index in [9.17, 15) is 4.79 Å². The number of hydrogen-bond donors (Lipinski definition) is 0. The van der Waals surface area contributed by atoms with Crippen molar-refractivity contribution in [3.63, 3.8) is 0 Å². The molecular formula is C13H20O2. The van der Waals surface area contributed by atoms with Crippen LogP contribution in [-0.2, 0) is 9.53 Å². The molecule has 0 aromatic heterocycles. The molecule has 0 aliphatic rings. The first-order chi connectivity index (χ1) is 7.22. The molecule has 2 heteroatoms. The van der Waals surface area contributed by atoms with E-state index in [-0.39, 0.29) is 5.97 Å². The highest BCUT2D eigenvalue weighted by Gasteiger charge is 2.01. The smallest absolute Gasteiger partial charge is 0.333 e. The number of ether oxygens (including phenoxy) is 1. The lowest BCUT2D eigenvalue weighted by atomic mass is 10.3. The zero-order valence-electron chi connectivity index (χ0n) is 9.82. The normalized spacial score (nSPS) is 12.6. The van der Waals surface area contributed by atoms with E-state index in [1.165, 1.54) is 0 Å². The summed E-state index contributed by atoms with van der Waals surface area (Å²) in [5.41, 5.74) is 0.650. The van der Waals surface area contributed by atoms with Gasteiger partial charge in [-0.05, 0) is 33.6 Å². The van der Waals surface area contributed by atoms with Gasteiger partial charge in [0, 0.05) is 5.57 Å². The summed E-state index contributed by atoms with van der Waals surface area (Å²) in [7, 11) is 0. The molecule has 0 unspecified atom stereocenters. The highest BCUT2D eigenvalue weighted by Crippen LogP contribution is 1.97. The summed E-state index contributed by atoms with van der Waals surface area (Å²) in [6.07, 6.45) is 11.8. The Hall–Kier alpha value is -1.31. The summed E-state index contributed by atoms with van der Waals surface area (Å²) in [4.78, 5) is 11.2. The molecule has 0 saturated heterocycles. The second-order valence-electron chi connectivity index (χ2n) is 3.19. The predicted molar refractivity (Wildman–Crippen MR) is 63.6 cm³/mol. The largest absolute Gasteiger partial charge is 0.458 e. The summed E-state index contributed by atoms with van der Waals surface area (Å²) in [5, 5.41) is 0. The first-order valence-electron chi connectivity index (χ1n) is 5.28. The SMILES string of the molecule is C/C=C/CC/C=C/COC(=O)/C(C)=C/C. The van der Waals surface area contributed by atoms with Gasteiger partial charge in [0.15, 0.2) is 0 Å². The minimum atomic E-state index is -0.240. The van der Waals surface area contributed by atoms with Crippen LogP contribution in [0.15, 0.2) is 36.0 Å². The molecule has 2 nitrogen and oxygen atoms in total. The fraction of sp³-hybridized carbons (Fsp3) is 0.462. The maximum Gasteiger partial charge on any atom is 0.333 e. The van der Waals surface area contributed by atoms with Gasteiger partial charge in [-0.1, -0.05) is 30.4 Å². The van der Waals surface area contributed by atoms with E-state index in [0.717, 1.165) is 12.8 Å². The predicted octanol–water partition coefficient (Wildman–Crippen LogP) is 3.41. The number of rotatable bonds is 6. The average Bonchev–Trinajstić information content (AvgIpc) is 2.26. The maximum atomic E-state index is 11.2. The average molecular weight is 208 g/mol. The molecule has 0 radical (unpaired) electrons. The molecule has 0 saturated carbocycles. The van der Waals surface area contributed by atoms with Gasteiger partial charge in [-0.2, -0.15) is 0 Å². The lowest BCUT2D eigenvalue weighted by Gasteiger charge is -2.00. The molecule has 0 amide bonds. The van der Waals surface area contributed by atoms with Crippen molar-refractivity contribution in [1.29, 1.82) is 0 Å². The van der Waals surface area contributed by atoms with Gasteiger partial charge in [0.1, 0.15) is 6.61 Å². The van der Waals surface area contributed by atoms with E-state index < -0.39 is 0 Å². The Morgan fingerprint density at radius 3 is 2.40 bits per heavy atom. The highest BCUT2D eigenvalue weighted by atomic mass is 16.5. The molecule has 15 heavy (non-hydrogen) atoms. The number of unbranched alkanes of at least 4 members (excludes halogenated alkanes) is 1. The highest BCUT2D eigenvalue weighted by molar-refractivity contribution is 5.87. The Balaban J connectivity index is 3.57. The molecule has 84 valence electrons. The van der Waals surface area contributed by atoms with Crippen molar-refractivity contribution >= 4 is 5.97 Å². The van der Waals surface area contributed by atoms with Crippen LogP contribution in [0.2, 0.25) is 0 Å². The summed E-state index contributed by atoms with van der Waals surface area (Å²) in [5.74, 6) is -0.240. The summed E-state index contributed by atoms with van der Waals surface area (Å²) in [6, 6.07) is 0. The van der Waals surface area contributed by atoms with Gasteiger partial charge in [0.2, 0.25) is 0 Å². The minimum Gasteiger partial charge on any atom is -0.458 e. The lowest BCUT2D eigenvalue weighted by Crippen LogP contribution is -2.05. The first-order valence-corrected chi connectivity index (χ1v) is 5.28. The molecule has 0 aromatic carbocycles. The molecule has 0 atom stereocenters. The topological polar surface area (TPSA) is 26.3 Å². The molecular weight excluding hydrogens is 188 g/mol. The minimum absolute atomic E-state index is 0.240. The second kappa shape index (κ2) is 9.25. The van der Waals surface area contributed by atoms with Gasteiger partial charge >= 0.3 is 5.97 Å². The molecule has 0 rings (SSSR count). The van der Waals surface area contributed by atoms with Gasteiger partial charge in [-0.3, -0.25) is 0 Å². The van der Waals surface area contributed by atoms with Crippen molar-refractivity contribution in [2.24, 2.45) is 0 Å². The van der Waals surface area contributed by atoms with Crippen LogP contribution < -0.4 is 0 Å². The van der Waals surface area contributed by atoms with E-state index in [0.29, 0.717) is 12.2 Å². The van der Waals surface area contributed by atoms with Crippen LogP contribution in [0.3, 0.4) is 0 Å². The van der Waals surface area contributed by atoms with Crippen molar-refractivity contribution in [2.75, 3.05) is 6.61 Å². The van der Waals surface area contributed by atoms with E-state index in [1.807, 2.05) is 32.1 Å². The zero-order chi connectivity index (χ0) is 11.5. The zero-order valence-corrected chi connectivity index (χ0v) is 9.82. The van der Waals surface area contributed by atoms with E-state index >= 15 is 0 Å². The Labute approximate surface area is 92.3 Å². The van der Waals surface area contributed by atoms with Crippen molar-refractivity contribution in [1.82, 2.24) is 0 Å². The van der Waals surface area contributed by atoms with E-state index in [1.54, 1.807) is 13.0 Å². The van der Waals surface area contributed by atoms with Crippen LogP contribution >= 0.6 is 0 Å². The van der Waals surface area contributed by atoms with Crippen molar-refractivity contribution in [2.45, 2.75) is 33.6 Å². The second-order valence-corrected chi connectivity index (χ2v) is 3.19. The van der Waals surface area contributed by atoms with Gasteiger partial charge in [-0.25, -0.2) is 4.79 Å². The Morgan fingerprint density at radius 1 is 1.13 bits per heavy atom. The summed E-state index contributed by atoms with van der Waals surface area (Å²) >= 11 is 0. The van der Waals surface area contributed by atoms with Crippen LogP contribution in [0.25, 0.3) is 0 Å². The summed E-state index contributed by atoms with van der Waals surface area (Å²) < 4.78 is 4.99. The Kier molecular flexibility index (Phi) is 8.44. The maximum absolute atomic E-state index is 11.2. The van der Waals surface area contributed by atoms with Gasteiger partial charge in [-0.15, -0.1) is 0 Å². The van der Waals surface area contributed by atoms with Gasteiger partial charge in [0.05, 0.1) is 0 Å². The number of allylic oxidation sites excluding steroid dienone is 4. The summed E-state index contributed by atoms with van der Waals surface area (Å²) in [6.45, 7) is 5.94. The molecule has 0 N–H and O–H groups in total. The molecule has 0 aliphatic heterocycles. The van der Waals surface area contributed by atoms with Crippen molar-refractivity contribution in [3.05, 3.63) is 36.0 Å². The third-order valence-electron chi connectivity index (χ3n) is 1.97. The standard InChI is InChI=1S/C13H20O2/c1-4-6-7-8-9-10-11-15-13(14)12(3)5-2/h4-6,9-10H,7-8,11H2,1-3H3/b6-4+,10-9+,12-5+. The number of hydrogen-bond acceptors (Lipinski definition) is 2. The first kappa shape index (κ1) is 13.7. The molecule has 0 aliphatic carbocycles. The number of carbonyl (C=O) groups excluding carboxylic acids is 1.